The maximum Gasteiger partial charge on any atom is 0.177 e. The third-order valence-corrected chi connectivity index (χ3v) is 3.30. The fourth-order valence-corrected chi connectivity index (χ4v) is 2.04. The molecule has 0 aliphatic rings. The molecule has 0 saturated carbocycles. The van der Waals surface area contributed by atoms with Crippen LogP contribution in [0, 0.1) is 0 Å². The Hall–Kier alpha value is -1.92. The van der Waals surface area contributed by atoms with Gasteiger partial charge >= 0.3 is 0 Å². The molecule has 0 radical (unpaired) electrons. The minimum Gasteiger partial charge on any atom is -0.545 e. The molecule has 0 saturated heterocycles. The fraction of sp³-hybridized carbons (Fsp3) is 0.200. The largest absolute Gasteiger partial charge is 0.545 e. The number of aliphatic hydroxyl groups excluding tert-OH is 1. The molecule has 0 aliphatic heterocycles. The Bertz CT molecular complexity index is 615. The van der Waals surface area contributed by atoms with Gasteiger partial charge in [-0.1, -0.05) is 15.9 Å². The number of pyridine rings is 1. The van der Waals surface area contributed by atoms with Gasteiger partial charge in [0.1, 0.15) is 18.5 Å². The summed E-state index contributed by atoms with van der Waals surface area (Å²) in [5.41, 5.74) is 0.0681. The topological polar surface area (TPSA) is 73.5 Å². The van der Waals surface area contributed by atoms with Gasteiger partial charge in [0.05, 0.1) is 11.5 Å². The van der Waals surface area contributed by atoms with Crippen molar-refractivity contribution in [1.82, 2.24) is 0 Å². The van der Waals surface area contributed by atoms with Crippen molar-refractivity contribution in [3.8, 4) is 5.75 Å². The van der Waals surface area contributed by atoms with Crippen molar-refractivity contribution in [1.29, 1.82) is 0 Å². The Kier molecular flexibility index (Phi) is 5.30. The summed E-state index contributed by atoms with van der Waals surface area (Å²) < 4.78 is 7.99. The molecule has 0 aliphatic carbocycles. The van der Waals surface area contributed by atoms with E-state index >= 15 is 0 Å². The summed E-state index contributed by atoms with van der Waals surface area (Å²) in [6.07, 6.45) is 2.34. The van der Waals surface area contributed by atoms with E-state index in [1.807, 2.05) is 12.1 Å². The van der Waals surface area contributed by atoms with Crippen LogP contribution in [-0.4, -0.2) is 23.8 Å². The number of rotatable bonds is 6. The fourth-order valence-electron chi connectivity index (χ4n) is 1.78. The van der Waals surface area contributed by atoms with E-state index in [-0.39, 0.29) is 18.7 Å². The van der Waals surface area contributed by atoms with Crippen LogP contribution in [0.25, 0.3) is 0 Å². The van der Waals surface area contributed by atoms with Gasteiger partial charge in [-0.15, -0.1) is 0 Å². The van der Waals surface area contributed by atoms with Crippen LogP contribution in [0.15, 0.2) is 53.3 Å². The summed E-state index contributed by atoms with van der Waals surface area (Å²) in [5, 5.41) is 20.7. The van der Waals surface area contributed by atoms with Crippen LogP contribution < -0.4 is 14.4 Å². The van der Waals surface area contributed by atoms with Crippen LogP contribution in [0.4, 0.5) is 0 Å². The highest BCUT2D eigenvalue weighted by molar-refractivity contribution is 9.10. The van der Waals surface area contributed by atoms with Crippen molar-refractivity contribution in [3.05, 3.63) is 58.8 Å². The van der Waals surface area contributed by atoms with Crippen LogP contribution in [-0.2, 0) is 6.54 Å². The quantitative estimate of drug-likeness (QED) is 0.771. The number of halogens is 1. The molecule has 0 amide bonds. The lowest BCUT2D eigenvalue weighted by molar-refractivity contribution is -0.703. The number of nitrogens with zero attached hydrogens (tertiary/aromatic N) is 1. The number of aliphatic hydroxyl groups is 1. The van der Waals surface area contributed by atoms with Crippen LogP contribution >= 0.6 is 15.9 Å². The second-order valence-electron chi connectivity index (χ2n) is 4.50. The third-order valence-electron chi connectivity index (χ3n) is 2.77. The number of aromatic carboxylic acids is 1. The van der Waals surface area contributed by atoms with Crippen LogP contribution in [0.3, 0.4) is 0 Å². The second kappa shape index (κ2) is 7.19. The molecule has 1 aromatic heterocycles. The van der Waals surface area contributed by atoms with Gasteiger partial charge in [0.2, 0.25) is 0 Å². The molecule has 5 nitrogen and oxygen atoms in total. The zero-order chi connectivity index (χ0) is 15.2. The highest BCUT2D eigenvalue weighted by Crippen LogP contribution is 2.16. The van der Waals surface area contributed by atoms with Crippen molar-refractivity contribution in [2.24, 2.45) is 0 Å². The van der Waals surface area contributed by atoms with Crippen LogP contribution in [0.5, 0.6) is 5.75 Å². The summed E-state index contributed by atoms with van der Waals surface area (Å²) in [6, 6.07) is 10.3. The highest BCUT2D eigenvalue weighted by atomic mass is 79.9. The van der Waals surface area contributed by atoms with Crippen molar-refractivity contribution < 1.29 is 24.3 Å². The summed E-state index contributed by atoms with van der Waals surface area (Å²) in [7, 11) is 0. The Morgan fingerprint density at radius 2 is 2.05 bits per heavy atom. The van der Waals surface area contributed by atoms with E-state index in [0.717, 1.165) is 4.47 Å². The van der Waals surface area contributed by atoms with Gasteiger partial charge in [0.15, 0.2) is 18.9 Å². The first kappa shape index (κ1) is 15.5. The number of carboxylic acids is 1. The van der Waals surface area contributed by atoms with E-state index in [1.165, 1.54) is 12.3 Å². The average molecular weight is 352 g/mol. The minimum atomic E-state index is -1.25. The Labute approximate surface area is 130 Å². The molecule has 1 N–H and O–H groups in total. The Morgan fingerprint density at radius 3 is 2.71 bits per heavy atom. The summed E-state index contributed by atoms with van der Waals surface area (Å²) >= 11 is 3.33. The number of hydrogen-bond donors (Lipinski definition) is 1. The zero-order valence-corrected chi connectivity index (χ0v) is 12.7. The number of benzene rings is 1. The molecule has 2 aromatic rings. The molecule has 2 rings (SSSR count). The van der Waals surface area contributed by atoms with Crippen LogP contribution in [0.1, 0.15) is 10.4 Å². The smallest absolute Gasteiger partial charge is 0.177 e. The van der Waals surface area contributed by atoms with Crippen molar-refractivity contribution in [2.45, 2.75) is 12.6 Å². The SMILES string of the molecule is O=C([O-])c1ccc[n+](C[C@H](O)COc2ccc(Br)cc2)c1. The lowest BCUT2D eigenvalue weighted by Gasteiger charge is -2.10. The molecule has 6 heteroatoms. The number of ether oxygens (including phenoxy) is 1. The number of aromatic nitrogens is 1. The second-order valence-corrected chi connectivity index (χ2v) is 5.41. The molecular formula is C15H14BrNO4. The first-order valence-electron chi connectivity index (χ1n) is 6.31. The van der Waals surface area contributed by atoms with E-state index in [9.17, 15) is 15.0 Å². The molecule has 1 atom stereocenters. The minimum absolute atomic E-state index is 0.0681. The molecule has 0 unspecified atom stereocenters. The average Bonchev–Trinajstić information content (AvgIpc) is 2.47. The molecule has 1 heterocycles. The number of carboxylic acid groups (broad SMARTS) is 1. The van der Waals surface area contributed by atoms with Crippen LogP contribution in [0.2, 0.25) is 0 Å². The Balaban J connectivity index is 1.89. The lowest BCUT2D eigenvalue weighted by atomic mass is 10.3. The van der Waals surface area contributed by atoms with Gasteiger partial charge in [0.25, 0.3) is 0 Å². The van der Waals surface area contributed by atoms with Gasteiger partial charge in [-0.2, -0.15) is 0 Å². The van der Waals surface area contributed by atoms with E-state index in [4.69, 9.17) is 4.74 Å². The van der Waals surface area contributed by atoms with Crippen molar-refractivity contribution in [3.63, 3.8) is 0 Å². The number of carbonyl (C=O) groups excluding carboxylic acids is 1. The Morgan fingerprint density at radius 1 is 1.33 bits per heavy atom. The van der Waals surface area contributed by atoms with Crippen molar-refractivity contribution >= 4 is 21.9 Å². The summed E-state index contributed by atoms with van der Waals surface area (Å²) in [4.78, 5) is 10.8. The van der Waals surface area contributed by atoms with Gasteiger partial charge in [-0.25, -0.2) is 4.57 Å². The van der Waals surface area contributed by atoms with Gasteiger partial charge < -0.3 is 19.7 Å². The first-order valence-corrected chi connectivity index (χ1v) is 7.11. The molecule has 110 valence electrons. The van der Waals surface area contributed by atoms with Crippen molar-refractivity contribution in [2.75, 3.05) is 6.61 Å². The number of carbonyl (C=O) groups is 1. The predicted molar refractivity (Wildman–Crippen MR) is 76.6 cm³/mol. The normalized spacial score (nSPS) is 11.9. The molecule has 0 bridgehead atoms. The zero-order valence-electron chi connectivity index (χ0n) is 11.1. The van der Waals surface area contributed by atoms with E-state index in [0.29, 0.717) is 5.75 Å². The molecule has 0 fully saturated rings. The molecule has 1 aromatic carbocycles. The molecule has 21 heavy (non-hydrogen) atoms. The monoisotopic (exact) mass is 351 g/mol. The van der Waals surface area contributed by atoms with E-state index in [1.54, 1.807) is 29.0 Å². The van der Waals surface area contributed by atoms with E-state index in [2.05, 4.69) is 15.9 Å². The standard InChI is InChI=1S/C15H14BrNO4/c16-12-3-5-14(6-4-12)21-10-13(18)9-17-7-1-2-11(8-17)15(19)20/h1-8,13,18H,9-10H2/t13-/m0/s1. The lowest BCUT2D eigenvalue weighted by Crippen LogP contribution is -2.42. The maximum absolute atomic E-state index is 10.8. The molecule has 0 spiro atoms. The maximum atomic E-state index is 10.8. The third kappa shape index (κ3) is 4.84. The van der Waals surface area contributed by atoms with Gasteiger partial charge in [-0.3, -0.25) is 0 Å². The summed E-state index contributed by atoms with van der Waals surface area (Å²) in [6.45, 7) is 0.349. The predicted octanol–water partition coefficient (Wildman–Crippen LogP) is 0.540. The summed E-state index contributed by atoms with van der Waals surface area (Å²) in [5.74, 6) is -0.587. The first-order chi connectivity index (χ1) is 10.0. The van der Waals surface area contributed by atoms with Gasteiger partial charge in [0, 0.05) is 10.5 Å². The van der Waals surface area contributed by atoms with Gasteiger partial charge in [-0.05, 0) is 30.3 Å². The molecular weight excluding hydrogens is 338 g/mol. The number of hydrogen-bond acceptors (Lipinski definition) is 4. The highest BCUT2D eigenvalue weighted by Gasteiger charge is 2.12. The van der Waals surface area contributed by atoms with E-state index < -0.39 is 12.1 Å².